The third-order valence-electron chi connectivity index (χ3n) is 4.82. The summed E-state index contributed by atoms with van der Waals surface area (Å²) >= 11 is 2.09. The second-order valence-corrected chi connectivity index (χ2v) is 7.51. The fourth-order valence-electron chi connectivity index (χ4n) is 3.66. The predicted octanol–water partition coefficient (Wildman–Crippen LogP) is 2.95. The fourth-order valence-corrected chi connectivity index (χ4v) is 4.56. The Bertz CT molecular complexity index is 453. The summed E-state index contributed by atoms with van der Waals surface area (Å²) in [5, 5.41) is 3.57. The van der Waals surface area contributed by atoms with Crippen molar-refractivity contribution in [2.45, 2.75) is 44.6 Å². The van der Waals surface area contributed by atoms with Gasteiger partial charge in [0.05, 0.1) is 11.9 Å². The van der Waals surface area contributed by atoms with Crippen LogP contribution in [0.5, 0.6) is 0 Å². The Kier molecular flexibility index (Phi) is 5.01. The molecule has 1 aromatic rings. The summed E-state index contributed by atoms with van der Waals surface area (Å²) in [4.78, 5) is 11.5. The Morgan fingerprint density at radius 1 is 1.19 bits per heavy atom. The summed E-state index contributed by atoms with van der Waals surface area (Å²) in [5.74, 6) is 3.49. The highest BCUT2D eigenvalue weighted by molar-refractivity contribution is 7.99. The third kappa shape index (κ3) is 3.69. The van der Waals surface area contributed by atoms with Crippen LogP contribution >= 0.6 is 11.8 Å². The Balaban J connectivity index is 1.69. The Labute approximate surface area is 132 Å². The summed E-state index contributed by atoms with van der Waals surface area (Å²) in [6.07, 6.45) is 10.4. The van der Waals surface area contributed by atoms with Gasteiger partial charge in [-0.2, -0.15) is 11.8 Å². The van der Waals surface area contributed by atoms with Gasteiger partial charge < -0.3 is 5.32 Å². The van der Waals surface area contributed by atoms with Gasteiger partial charge in [-0.25, -0.2) is 4.98 Å². The summed E-state index contributed by atoms with van der Waals surface area (Å²) in [6.45, 7) is 5.49. The number of nitrogens with zero attached hydrogens (tertiary/aromatic N) is 3. The van der Waals surface area contributed by atoms with Gasteiger partial charge in [0.15, 0.2) is 0 Å². The number of anilines is 1. The zero-order chi connectivity index (χ0) is 14.5. The molecule has 0 bridgehead atoms. The van der Waals surface area contributed by atoms with Gasteiger partial charge in [-0.1, -0.05) is 19.3 Å². The minimum Gasteiger partial charge on any atom is -0.367 e. The van der Waals surface area contributed by atoms with Gasteiger partial charge >= 0.3 is 0 Å². The van der Waals surface area contributed by atoms with Crippen molar-refractivity contribution in [2.24, 2.45) is 0 Å². The SMILES string of the molecule is Cc1cncc(NCC2(N3CCSCC3)CCCCC2)n1. The van der Waals surface area contributed by atoms with Crippen molar-refractivity contribution in [1.29, 1.82) is 0 Å². The first-order valence-electron chi connectivity index (χ1n) is 8.14. The summed E-state index contributed by atoms with van der Waals surface area (Å²) in [5.41, 5.74) is 1.32. The predicted molar refractivity (Wildman–Crippen MR) is 90.0 cm³/mol. The highest BCUT2D eigenvalue weighted by Crippen LogP contribution is 2.35. The first-order chi connectivity index (χ1) is 10.3. The summed E-state index contributed by atoms with van der Waals surface area (Å²) < 4.78 is 0. The lowest BCUT2D eigenvalue weighted by molar-refractivity contribution is 0.0706. The standard InChI is InChI=1S/C16H26N4S/c1-14-11-17-12-15(19-14)18-13-16(5-3-2-4-6-16)20-7-9-21-10-8-20/h11-12H,2-10,13H2,1H3,(H,18,19). The van der Waals surface area contributed by atoms with Crippen molar-refractivity contribution in [3.63, 3.8) is 0 Å². The Morgan fingerprint density at radius 3 is 2.67 bits per heavy atom. The zero-order valence-corrected chi connectivity index (χ0v) is 13.8. The molecule has 0 spiro atoms. The Hall–Kier alpha value is -0.810. The van der Waals surface area contributed by atoms with Crippen molar-refractivity contribution in [3.05, 3.63) is 18.1 Å². The molecule has 4 nitrogen and oxygen atoms in total. The molecule has 2 fully saturated rings. The van der Waals surface area contributed by atoms with Gasteiger partial charge in [0.2, 0.25) is 0 Å². The number of rotatable bonds is 4. The maximum absolute atomic E-state index is 4.54. The molecule has 0 amide bonds. The first kappa shape index (κ1) is 15.1. The number of aryl methyl sites for hydroxylation is 1. The fraction of sp³-hybridized carbons (Fsp3) is 0.750. The first-order valence-corrected chi connectivity index (χ1v) is 9.29. The van der Waals surface area contributed by atoms with E-state index in [0.717, 1.165) is 18.1 Å². The van der Waals surface area contributed by atoms with E-state index in [-0.39, 0.29) is 0 Å². The van der Waals surface area contributed by atoms with Crippen LogP contribution < -0.4 is 5.32 Å². The highest BCUT2D eigenvalue weighted by Gasteiger charge is 2.38. The number of aromatic nitrogens is 2. The van der Waals surface area contributed by atoms with E-state index in [4.69, 9.17) is 0 Å². The molecule has 0 radical (unpaired) electrons. The lowest BCUT2D eigenvalue weighted by Gasteiger charge is -2.48. The maximum atomic E-state index is 4.54. The zero-order valence-electron chi connectivity index (χ0n) is 13.0. The van der Waals surface area contributed by atoms with Gasteiger partial charge in [-0.3, -0.25) is 9.88 Å². The molecule has 1 aliphatic carbocycles. The summed E-state index contributed by atoms with van der Waals surface area (Å²) in [6, 6.07) is 0. The molecule has 21 heavy (non-hydrogen) atoms. The minimum atomic E-state index is 0.338. The lowest BCUT2D eigenvalue weighted by Crippen LogP contribution is -2.57. The molecule has 116 valence electrons. The van der Waals surface area contributed by atoms with Crippen LogP contribution in [0.3, 0.4) is 0 Å². The van der Waals surface area contributed by atoms with Gasteiger partial charge in [-0.05, 0) is 19.8 Å². The van der Waals surface area contributed by atoms with Crippen LogP contribution in [0.15, 0.2) is 12.4 Å². The smallest absolute Gasteiger partial charge is 0.144 e. The van der Waals surface area contributed by atoms with Crippen LogP contribution in [-0.2, 0) is 0 Å². The molecular weight excluding hydrogens is 280 g/mol. The van der Waals surface area contributed by atoms with Gasteiger partial charge in [0.25, 0.3) is 0 Å². The molecule has 5 heteroatoms. The van der Waals surface area contributed by atoms with Crippen LogP contribution in [0.1, 0.15) is 37.8 Å². The van der Waals surface area contributed by atoms with E-state index in [1.807, 2.05) is 19.3 Å². The summed E-state index contributed by atoms with van der Waals surface area (Å²) in [7, 11) is 0. The molecule has 1 aliphatic heterocycles. The van der Waals surface area contributed by atoms with Crippen molar-refractivity contribution in [1.82, 2.24) is 14.9 Å². The van der Waals surface area contributed by atoms with Crippen LogP contribution in [-0.4, -0.2) is 51.5 Å². The minimum absolute atomic E-state index is 0.338. The van der Waals surface area contributed by atoms with Crippen LogP contribution in [0.4, 0.5) is 5.82 Å². The molecule has 0 unspecified atom stereocenters. The lowest BCUT2D eigenvalue weighted by atomic mass is 9.80. The Morgan fingerprint density at radius 2 is 1.95 bits per heavy atom. The molecule has 0 atom stereocenters. The second kappa shape index (κ2) is 6.97. The second-order valence-electron chi connectivity index (χ2n) is 6.28. The molecule has 2 aliphatic rings. The number of thioether (sulfide) groups is 1. The van der Waals surface area contributed by atoms with Crippen molar-refractivity contribution < 1.29 is 0 Å². The quantitative estimate of drug-likeness (QED) is 0.926. The molecule has 1 saturated heterocycles. The largest absolute Gasteiger partial charge is 0.367 e. The maximum Gasteiger partial charge on any atom is 0.144 e. The number of hydrogen-bond donors (Lipinski definition) is 1. The van der Waals surface area contributed by atoms with E-state index in [1.54, 1.807) is 0 Å². The topological polar surface area (TPSA) is 41.1 Å². The van der Waals surface area contributed by atoms with E-state index in [1.165, 1.54) is 56.7 Å². The average Bonchev–Trinajstić information content (AvgIpc) is 2.55. The monoisotopic (exact) mass is 306 g/mol. The molecule has 1 saturated carbocycles. The van der Waals surface area contributed by atoms with Crippen LogP contribution in [0, 0.1) is 6.92 Å². The van der Waals surface area contributed by atoms with Gasteiger partial charge in [0, 0.05) is 42.9 Å². The van der Waals surface area contributed by atoms with Crippen LogP contribution in [0.25, 0.3) is 0 Å². The number of hydrogen-bond acceptors (Lipinski definition) is 5. The number of nitrogens with one attached hydrogen (secondary N) is 1. The molecule has 2 heterocycles. The molecule has 1 N–H and O–H groups in total. The molecule has 1 aromatic heterocycles. The van der Waals surface area contributed by atoms with E-state index < -0.39 is 0 Å². The van der Waals surface area contributed by atoms with Gasteiger partial charge in [0.1, 0.15) is 5.82 Å². The van der Waals surface area contributed by atoms with E-state index in [9.17, 15) is 0 Å². The van der Waals surface area contributed by atoms with E-state index in [2.05, 4.69) is 31.9 Å². The molecule has 0 aromatic carbocycles. The van der Waals surface area contributed by atoms with E-state index in [0.29, 0.717) is 5.54 Å². The normalized spacial score (nSPS) is 22.9. The van der Waals surface area contributed by atoms with E-state index >= 15 is 0 Å². The van der Waals surface area contributed by atoms with Crippen molar-refractivity contribution >= 4 is 17.6 Å². The third-order valence-corrected chi connectivity index (χ3v) is 5.76. The highest BCUT2D eigenvalue weighted by atomic mass is 32.2. The average molecular weight is 306 g/mol. The van der Waals surface area contributed by atoms with Crippen molar-refractivity contribution in [2.75, 3.05) is 36.5 Å². The molecular formula is C16H26N4S. The molecule has 3 rings (SSSR count). The van der Waals surface area contributed by atoms with Crippen LogP contribution in [0.2, 0.25) is 0 Å². The van der Waals surface area contributed by atoms with Crippen molar-refractivity contribution in [3.8, 4) is 0 Å². The van der Waals surface area contributed by atoms with Gasteiger partial charge in [-0.15, -0.1) is 0 Å².